The Balaban J connectivity index is 1.53. The lowest BCUT2D eigenvalue weighted by molar-refractivity contribution is 1.18. The molecule has 0 aliphatic carbocycles. The fourth-order valence-corrected chi connectivity index (χ4v) is 6.37. The van der Waals surface area contributed by atoms with Gasteiger partial charge in [0.15, 0.2) is 0 Å². The third-order valence-electron chi connectivity index (χ3n) is 8.41. The summed E-state index contributed by atoms with van der Waals surface area (Å²) < 4.78 is 2.51. The second kappa shape index (κ2) is 10.6. The zero-order valence-corrected chi connectivity index (χ0v) is 23.7. The van der Waals surface area contributed by atoms with E-state index in [0.29, 0.717) is 0 Å². The van der Waals surface area contributed by atoms with E-state index in [1.807, 2.05) is 0 Å². The Labute approximate surface area is 251 Å². The molecule has 0 saturated carbocycles. The van der Waals surface area contributed by atoms with E-state index in [1.54, 1.807) is 0 Å². The van der Waals surface area contributed by atoms with E-state index in [2.05, 4.69) is 180 Å². The lowest BCUT2D eigenvalue weighted by Gasteiger charge is -2.19. The van der Waals surface area contributed by atoms with E-state index in [4.69, 9.17) is 0 Å². The highest BCUT2D eigenvalue weighted by atomic mass is 15.0. The smallest absolute Gasteiger partial charge is 0.0618 e. The van der Waals surface area contributed by atoms with Gasteiger partial charge in [-0.3, -0.25) is 0 Å². The minimum atomic E-state index is 1.19. The Morgan fingerprint density at radius 2 is 0.651 bits per heavy atom. The molecule has 0 radical (unpaired) electrons. The Morgan fingerprint density at radius 3 is 1.05 bits per heavy atom. The summed E-state index contributed by atoms with van der Waals surface area (Å²) in [5, 5.41) is 2.49. The van der Waals surface area contributed by atoms with Crippen LogP contribution in [-0.2, 0) is 0 Å². The summed E-state index contributed by atoms with van der Waals surface area (Å²) in [4.78, 5) is 0. The minimum absolute atomic E-state index is 1.19. The molecule has 7 aromatic carbocycles. The van der Waals surface area contributed by atoms with Gasteiger partial charge in [0.05, 0.1) is 16.7 Å². The van der Waals surface area contributed by atoms with Crippen molar-refractivity contribution in [1.29, 1.82) is 0 Å². The van der Waals surface area contributed by atoms with Crippen LogP contribution in [0.2, 0.25) is 0 Å². The summed E-state index contributed by atoms with van der Waals surface area (Å²) >= 11 is 0. The molecular weight excluding hydrogens is 518 g/mol. The van der Waals surface area contributed by atoms with Gasteiger partial charge in [-0.15, -0.1) is 0 Å². The third-order valence-corrected chi connectivity index (χ3v) is 8.41. The second-order valence-electron chi connectivity index (χ2n) is 11.0. The van der Waals surface area contributed by atoms with E-state index >= 15 is 0 Å². The zero-order chi connectivity index (χ0) is 28.6. The van der Waals surface area contributed by atoms with Gasteiger partial charge < -0.3 is 4.57 Å². The topological polar surface area (TPSA) is 4.93 Å². The highest BCUT2D eigenvalue weighted by molar-refractivity contribution is 6.12. The molecule has 0 amide bonds. The lowest BCUT2D eigenvalue weighted by Crippen LogP contribution is -2.01. The maximum atomic E-state index is 2.51. The van der Waals surface area contributed by atoms with Gasteiger partial charge in [-0.25, -0.2) is 0 Å². The molecule has 8 rings (SSSR count). The van der Waals surface area contributed by atoms with Crippen LogP contribution in [0.15, 0.2) is 176 Å². The summed E-state index contributed by atoms with van der Waals surface area (Å²) in [7, 11) is 0. The maximum Gasteiger partial charge on any atom is 0.0618 e. The van der Waals surface area contributed by atoms with E-state index < -0.39 is 0 Å². The number of rotatable bonds is 5. The SMILES string of the molecule is c1ccc(-c2ccc3c4ccc(-c5ccccc5)cc4n(-c4c(-c5ccccc5)cccc4-c4ccccc4)c3c2)cc1. The molecule has 0 unspecified atom stereocenters. The summed E-state index contributed by atoms with van der Waals surface area (Å²) in [6.07, 6.45) is 0. The van der Waals surface area contributed by atoms with Crippen LogP contribution in [0, 0.1) is 0 Å². The van der Waals surface area contributed by atoms with Crippen molar-refractivity contribution in [1.82, 2.24) is 4.57 Å². The van der Waals surface area contributed by atoms with Crippen LogP contribution in [0.1, 0.15) is 0 Å². The van der Waals surface area contributed by atoms with Crippen molar-refractivity contribution in [2.45, 2.75) is 0 Å². The van der Waals surface area contributed by atoms with Gasteiger partial charge in [-0.1, -0.05) is 164 Å². The average molecular weight is 548 g/mol. The fraction of sp³-hybridized carbons (Fsp3) is 0. The number of para-hydroxylation sites is 1. The van der Waals surface area contributed by atoms with Crippen molar-refractivity contribution in [3.63, 3.8) is 0 Å². The number of hydrogen-bond donors (Lipinski definition) is 0. The van der Waals surface area contributed by atoms with Crippen LogP contribution in [0.3, 0.4) is 0 Å². The quantitative estimate of drug-likeness (QED) is 0.202. The molecule has 1 heterocycles. The van der Waals surface area contributed by atoms with Crippen molar-refractivity contribution >= 4 is 21.8 Å². The predicted octanol–water partition coefficient (Wildman–Crippen LogP) is 11.5. The average Bonchev–Trinajstić information content (AvgIpc) is 3.42. The van der Waals surface area contributed by atoms with Crippen LogP contribution in [0.4, 0.5) is 0 Å². The Kier molecular flexibility index (Phi) is 6.20. The van der Waals surface area contributed by atoms with Crippen molar-refractivity contribution in [3.8, 4) is 50.2 Å². The molecule has 1 nitrogen and oxygen atoms in total. The molecule has 0 N–H and O–H groups in total. The Hall–Kier alpha value is -5.66. The molecule has 0 aliphatic rings. The molecule has 0 fully saturated rings. The zero-order valence-electron chi connectivity index (χ0n) is 23.7. The van der Waals surface area contributed by atoms with Crippen LogP contribution < -0.4 is 0 Å². The standard InChI is InChI=1S/C42H29N/c1-5-14-30(15-6-1)34-24-26-38-39-27-25-35(31-16-7-2-8-17-31)29-41(39)43(40(38)28-34)42-36(32-18-9-3-10-19-32)22-13-23-37(42)33-20-11-4-12-21-33/h1-29H. The van der Waals surface area contributed by atoms with Gasteiger partial charge in [0, 0.05) is 21.9 Å². The molecule has 0 aliphatic heterocycles. The van der Waals surface area contributed by atoms with Crippen molar-refractivity contribution in [2.75, 3.05) is 0 Å². The molecule has 0 spiro atoms. The third kappa shape index (κ3) is 4.43. The summed E-state index contributed by atoms with van der Waals surface area (Å²) in [6.45, 7) is 0. The lowest BCUT2D eigenvalue weighted by atomic mass is 9.95. The molecule has 1 heteroatoms. The van der Waals surface area contributed by atoms with Gasteiger partial charge in [-0.05, 0) is 45.5 Å². The molecule has 43 heavy (non-hydrogen) atoms. The van der Waals surface area contributed by atoms with Crippen molar-refractivity contribution in [2.24, 2.45) is 0 Å². The van der Waals surface area contributed by atoms with E-state index in [1.165, 1.54) is 72.0 Å². The first-order chi connectivity index (χ1) is 21.3. The maximum absolute atomic E-state index is 2.51. The first-order valence-electron chi connectivity index (χ1n) is 14.8. The molecular formula is C42H29N. The van der Waals surface area contributed by atoms with Crippen LogP contribution in [0.5, 0.6) is 0 Å². The molecule has 0 saturated heterocycles. The molecule has 0 bridgehead atoms. The number of nitrogens with zero attached hydrogens (tertiary/aromatic N) is 1. The monoisotopic (exact) mass is 547 g/mol. The molecule has 8 aromatic rings. The predicted molar refractivity (Wildman–Crippen MR) is 183 cm³/mol. The number of benzene rings is 7. The summed E-state index contributed by atoms with van der Waals surface area (Å²) in [5.74, 6) is 0. The number of hydrogen-bond acceptors (Lipinski definition) is 0. The van der Waals surface area contributed by atoms with E-state index in [-0.39, 0.29) is 0 Å². The van der Waals surface area contributed by atoms with Crippen LogP contribution in [-0.4, -0.2) is 4.57 Å². The second-order valence-corrected chi connectivity index (χ2v) is 11.0. The Bertz CT molecular complexity index is 2040. The Morgan fingerprint density at radius 1 is 0.279 bits per heavy atom. The molecule has 202 valence electrons. The number of aromatic nitrogens is 1. The van der Waals surface area contributed by atoms with Crippen molar-refractivity contribution in [3.05, 3.63) is 176 Å². The highest BCUT2D eigenvalue weighted by Crippen LogP contribution is 2.43. The molecule has 1 aromatic heterocycles. The van der Waals surface area contributed by atoms with E-state index in [0.717, 1.165) is 0 Å². The van der Waals surface area contributed by atoms with Crippen molar-refractivity contribution < 1.29 is 0 Å². The fourth-order valence-electron chi connectivity index (χ4n) is 6.37. The van der Waals surface area contributed by atoms with Gasteiger partial charge >= 0.3 is 0 Å². The first-order valence-corrected chi connectivity index (χ1v) is 14.8. The van der Waals surface area contributed by atoms with Gasteiger partial charge in [0.25, 0.3) is 0 Å². The summed E-state index contributed by atoms with van der Waals surface area (Å²) in [6, 6.07) is 63.4. The summed E-state index contributed by atoms with van der Waals surface area (Å²) in [5.41, 5.74) is 13.2. The van der Waals surface area contributed by atoms with Crippen LogP contribution >= 0.6 is 0 Å². The normalized spacial score (nSPS) is 11.3. The van der Waals surface area contributed by atoms with Crippen LogP contribution in [0.25, 0.3) is 72.0 Å². The first kappa shape index (κ1) is 25.1. The minimum Gasteiger partial charge on any atom is -0.308 e. The number of fused-ring (bicyclic) bond motifs is 3. The van der Waals surface area contributed by atoms with Gasteiger partial charge in [-0.2, -0.15) is 0 Å². The highest BCUT2D eigenvalue weighted by Gasteiger charge is 2.20. The van der Waals surface area contributed by atoms with Gasteiger partial charge in [0.2, 0.25) is 0 Å². The molecule has 0 atom stereocenters. The largest absolute Gasteiger partial charge is 0.308 e. The van der Waals surface area contributed by atoms with Gasteiger partial charge in [0.1, 0.15) is 0 Å². The van der Waals surface area contributed by atoms with E-state index in [9.17, 15) is 0 Å².